The molecule has 2 aromatic carbocycles. The summed E-state index contributed by atoms with van der Waals surface area (Å²) in [5, 5.41) is 0.525. The number of halogens is 1. The van der Waals surface area contributed by atoms with Gasteiger partial charge in [0.25, 0.3) is 0 Å². The fourth-order valence-electron chi connectivity index (χ4n) is 2.75. The highest BCUT2D eigenvalue weighted by Gasteiger charge is 2.38. The molecule has 0 amide bonds. The minimum Gasteiger partial charge on any atom is -0.465 e. The van der Waals surface area contributed by atoms with Crippen molar-refractivity contribution in [3.63, 3.8) is 0 Å². The van der Waals surface area contributed by atoms with E-state index in [4.69, 9.17) is 21.1 Å². The van der Waals surface area contributed by atoms with Gasteiger partial charge in [0.05, 0.1) is 25.6 Å². The smallest absolute Gasteiger partial charge is 0.342 e. The molecule has 1 aliphatic carbocycles. The number of ketones is 1. The van der Waals surface area contributed by atoms with Crippen molar-refractivity contribution >= 4 is 40.7 Å². The first-order valence-corrected chi connectivity index (χ1v) is 8.25. The number of carbonyl (C=O) groups is 3. The fourth-order valence-corrected chi connectivity index (χ4v) is 2.87. The highest BCUT2D eigenvalue weighted by molar-refractivity contribution is 6.43. The van der Waals surface area contributed by atoms with Crippen LogP contribution < -0.4 is 0 Å². The number of esters is 2. The molecule has 0 atom stereocenters. The zero-order chi connectivity index (χ0) is 19.6. The summed E-state index contributed by atoms with van der Waals surface area (Å²) in [6.07, 6.45) is 0. The van der Waals surface area contributed by atoms with Crippen LogP contribution in [-0.2, 0) is 19.1 Å². The molecule has 0 saturated carbocycles. The van der Waals surface area contributed by atoms with Crippen LogP contribution in [0.1, 0.15) is 15.9 Å². The van der Waals surface area contributed by atoms with E-state index in [1.807, 2.05) is 0 Å². The Hall–Kier alpha value is -3.25. The van der Waals surface area contributed by atoms with Crippen LogP contribution >= 0.6 is 11.6 Å². The Kier molecular flexibility index (Phi) is 5.19. The minimum atomic E-state index is -0.932. The summed E-state index contributed by atoms with van der Waals surface area (Å²) in [7, 11) is 2.29. The van der Waals surface area contributed by atoms with Crippen LogP contribution in [0.25, 0.3) is 0 Å². The summed E-state index contributed by atoms with van der Waals surface area (Å²) in [4.78, 5) is 42.1. The number of benzene rings is 2. The zero-order valence-corrected chi connectivity index (χ0v) is 15.2. The van der Waals surface area contributed by atoms with Crippen molar-refractivity contribution in [3.8, 4) is 0 Å². The molecule has 0 saturated heterocycles. The van der Waals surface area contributed by atoms with E-state index >= 15 is 0 Å². The SMILES string of the molecule is COC(=O)C1=C(C(=O)OC)C(=Nc2ccc(Cl)cc2)c2ccccc2C1=O. The van der Waals surface area contributed by atoms with Gasteiger partial charge in [0.2, 0.25) is 5.78 Å². The Bertz CT molecular complexity index is 1010. The van der Waals surface area contributed by atoms with Crippen LogP contribution in [0.3, 0.4) is 0 Å². The topological polar surface area (TPSA) is 82.0 Å². The summed E-state index contributed by atoms with van der Waals surface area (Å²) < 4.78 is 9.52. The molecular weight excluding hydrogens is 370 g/mol. The molecule has 0 heterocycles. The third-order valence-corrected chi connectivity index (χ3v) is 4.24. The summed E-state index contributed by atoms with van der Waals surface area (Å²) >= 11 is 5.90. The van der Waals surface area contributed by atoms with Crippen LogP contribution in [-0.4, -0.2) is 37.7 Å². The van der Waals surface area contributed by atoms with Crippen molar-refractivity contribution in [1.82, 2.24) is 0 Å². The lowest BCUT2D eigenvalue weighted by atomic mass is 9.83. The lowest BCUT2D eigenvalue weighted by Gasteiger charge is -2.21. The maximum absolute atomic E-state index is 12.9. The number of Topliss-reactive ketones (excluding diaryl/α,β-unsaturated/α-hetero) is 1. The third kappa shape index (κ3) is 3.39. The number of ether oxygens (including phenoxy) is 2. The number of carbonyl (C=O) groups excluding carboxylic acids is 3. The van der Waals surface area contributed by atoms with Crippen molar-refractivity contribution in [3.05, 3.63) is 75.8 Å². The van der Waals surface area contributed by atoms with Crippen molar-refractivity contribution < 1.29 is 23.9 Å². The van der Waals surface area contributed by atoms with Gasteiger partial charge >= 0.3 is 11.9 Å². The molecule has 0 radical (unpaired) electrons. The van der Waals surface area contributed by atoms with E-state index in [-0.39, 0.29) is 16.8 Å². The summed E-state index contributed by atoms with van der Waals surface area (Å²) in [5.41, 5.74) is 0.673. The van der Waals surface area contributed by atoms with E-state index in [2.05, 4.69) is 4.99 Å². The second kappa shape index (κ2) is 7.55. The highest BCUT2D eigenvalue weighted by Crippen LogP contribution is 2.30. The molecule has 6 nitrogen and oxygen atoms in total. The quantitative estimate of drug-likeness (QED) is 0.600. The molecule has 3 rings (SSSR count). The number of nitrogens with zero attached hydrogens (tertiary/aromatic N) is 1. The molecule has 0 aromatic heterocycles. The molecular formula is C20H14ClNO5. The van der Waals surface area contributed by atoms with Gasteiger partial charge in [0, 0.05) is 16.1 Å². The molecule has 0 spiro atoms. The third-order valence-electron chi connectivity index (χ3n) is 3.99. The van der Waals surface area contributed by atoms with Crippen LogP contribution in [0.2, 0.25) is 5.02 Å². The van der Waals surface area contributed by atoms with Gasteiger partial charge in [-0.25, -0.2) is 14.6 Å². The second-order valence-corrected chi connectivity index (χ2v) is 5.98. The maximum atomic E-state index is 12.9. The lowest BCUT2D eigenvalue weighted by Crippen LogP contribution is -2.31. The van der Waals surface area contributed by atoms with Crippen molar-refractivity contribution in [2.75, 3.05) is 14.2 Å². The van der Waals surface area contributed by atoms with Gasteiger partial charge in [-0.15, -0.1) is 0 Å². The van der Waals surface area contributed by atoms with Crippen molar-refractivity contribution in [2.45, 2.75) is 0 Å². The standard InChI is InChI=1S/C20H14ClNO5/c1-26-19(24)15-16(20(25)27-2)18(23)14-6-4-3-5-13(14)17(15)22-12-9-7-11(21)8-10-12/h3-10H,1-2H3. The predicted molar refractivity (Wildman–Crippen MR) is 99.5 cm³/mol. The Balaban J connectivity index is 2.35. The van der Waals surface area contributed by atoms with Gasteiger partial charge in [0.1, 0.15) is 11.1 Å². The normalized spacial score (nSPS) is 14.8. The largest absolute Gasteiger partial charge is 0.465 e. The van der Waals surface area contributed by atoms with Crippen LogP contribution in [0.4, 0.5) is 5.69 Å². The monoisotopic (exact) mass is 383 g/mol. The molecule has 7 heteroatoms. The Labute approximate surface area is 160 Å². The predicted octanol–water partition coefficient (Wildman–Crippen LogP) is 3.30. The van der Waals surface area contributed by atoms with Gasteiger partial charge < -0.3 is 9.47 Å². The number of fused-ring (bicyclic) bond motifs is 1. The lowest BCUT2D eigenvalue weighted by molar-refractivity contribution is -0.138. The minimum absolute atomic E-state index is 0.153. The molecule has 2 aromatic rings. The Morgan fingerprint density at radius 2 is 1.41 bits per heavy atom. The van der Waals surface area contributed by atoms with Gasteiger partial charge in [-0.1, -0.05) is 35.9 Å². The van der Waals surface area contributed by atoms with E-state index in [0.29, 0.717) is 16.3 Å². The first-order valence-electron chi connectivity index (χ1n) is 7.87. The Morgan fingerprint density at radius 3 is 2.00 bits per heavy atom. The molecule has 0 fully saturated rings. The summed E-state index contributed by atoms with van der Waals surface area (Å²) in [6, 6.07) is 13.2. The van der Waals surface area contributed by atoms with E-state index < -0.39 is 23.3 Å². The molecule has 0 bridgehead atoms. The summed E-state index contributed by atoms with van der Waals surface area (Å²) in [6.45, 7) is 0. The van der Waals surface area contributed by atoms with Gasteiger partial charge in [-0.3, -0.25) is 4.79 Å². The zero-order valence-electron chi connectivity index (χ0n) is 14.5. The number of hydrogen-bond acceptors (Lipinski definition) is 6. The highest BCUT2D eigenvalue weighted by atomic mass is 35.5. The van der Waals surface area contributed by atoms with E-state index in [1.54, 1.807) is 48.5 Å². The average Bonchev–Trinajstić information content (AvgIpc) is 2.70. The summed E-state index contributed by atoms with van der Waals surface area (Å²) in [5.74, 6) is -2.41. The van der Waals surface area contributed by atoms with Gasteiger partial charge in [-0.2, -0.15) is 0 Å². The van der Waals surface area contributed by atoms with Gasteiger partial charge in [-0.05, 0) is 24.3 Å². The number of methoxy groups -OCH3 is 2. The molecule has 0 unspecified atom stereocenters. The Morgan fingerprint density at radius 1 is 0.852 bits per heavy atom. The first-order chi connectivity index (χ1) is 13.0. The van der Waals surface area contributed by atoms with Crippen molar-refractivity contribution in [1.29, 1.82) is 0 Å². The maximum Gasteiger partial charge on any atom is 0.342 e. The number of hydrogen-bond donors (Lipinski definition) is 0. The van der Waals surface area contributed by atoms with Crippen molar-refractivity contribution in [2.24, 2.45) is 4.99 Å². The van der Waals surface area contributed by atoms with E-state index in [9.17, 15) is 14.4 Å². The molecule has 0 aliphatic heterocycles. The molecule has 1 aliphatic rings. The fraction of sp³-hybridized carbons (Fsp3) is 0.100. The molecule has 27 heavy (non-hydrogen) atoms. The first kappa shape index (κ1) is 18.5. The van der Waals surface area contributed by atoms with Crippen LogP contribution in [0, 0.1) is 0 Å². The van der Waals surface area contributed by atoms with E-state index in [0.717, 1.165) is 14.2 Å². The number of aliphatic imine (C=N–C) groups is 1. The molecule has 0 N–H and O–H groups in total. The number of rotatable bonds is 3. The second-order valence-electron chi connectivity index (χ2n) is 5.54. The van der Waals surface area contributed by atoms with Gasteiger partial charge in [0.15, 0.2) is 0 Å². The average molecular weight is 384 g/mol. The van der Waals surface area contributed by atoms with E-state index in [1.165, 1.54) is 0 Å². The van der Waals surface area contributed by atoms with Crippen LogP contribution in [0.5, 0.6) is 0 Å². The van der Waals surface area contributed by atoms with Crippen LogP contribution in [0.15, 0.2) is 64.7 Å². The molecule has 136 valence electrons.